The van der Waals surface area contributed by atoms with Crippen LogP contribution in [0.4, 0.5) is 0 Å². The highest BCUT2D eigenvalue weighted by molar-refractivity contribution is 5.43. The third-order valence-electron chi connectivity index (χ3n) is 1.02. The zero-order chi connectivity index (χ0) is 7.23. The van der Waals surface area contributed by atoms with Crippen molar-refractivity contribution in [1.82, 2.24) is 4.98 Å². The Morgan fingerprint density at radius 2 is 2.40 bits per heavy atom. The maximum absolute atomic E-state index is 4.95. The summed E-state index contributed by atoms with van der Waals surface area (Å²) in [6.07, 6.45) is 10.7. The van der Waals surface area contributed by atoms with Crippen LogP contribution in [0.15, 0.2) is 35.2 Å². The van der Waals surface area contributed by atoms with E-state index in [4.69, 9.17) is 4.42 Å². The second-order valence-electron chi connectivity index (χ2n) is 1.79. The van der Waals surface area contributed by atoms with Gasteiger partial charge in [0.05, 0.1) is 6.20 Å². The predicted molar refractivity (Wildman–Crippen MR) is 40.4 cm³/mol. The molecule has 10 heavy (non-hydrogen) atoms. The molecular weight excluding hydrogens is 126 g/mol. The van der Waals surface area contributed by atoms with Gasteiger partial charge in [0, 0.05) is 0 Å². The molecule has 1 aromatic heterocycles. The van der Waals surface area contributed by atoms with E-state index in [1.54, 1.807) is 6.20 Å². The molecule has 0 aliphatic heterocycles. The first-order valence-electron chi connectivity index (χ1n) is 3.11. The van der Waals surface area contributed by atoms with E-state index < -0.39 is 0 Å². The first kappa shape index (κ1) is 6.81. The standard InChI is InChI=1S/C8H9NO/c1-2-3-4-5-8-6-9-7-10-8/h2-7H,1H3/b3-2-,5-4-. The van der Waals surface area contributed by atoms with Crippen LogP contribution in [0.3, 0.4) is 0 Å². The number of aromatic nitrogens is 1. The largest absolute Gasteiger partial charge is 0.444 e. The maximum atomic E-state index is 4.95. The number of hydrogen-bond donors (Lipinski definition) is 0. The summed E-state index contributed by atoms with van der Waals surface area (Å²) in [4.78, 5) is 3.76. The topological polar surface area (TPSA) is 26.0 Å². The highest BCUT2D eigenvalue weighted by Crippen LogP contribution is 1.98. The van der Waals surface area contributed by atoms with Crippen molar-refractivity contribution in [1.29, 1.82) is 0 Å². The van der Waals surface area contributed by atoms with Crippen molar-refractivity contribution in [3.8, 4) is 0 Å². The quantitative estimate of drug-likeness (QED) is 0.581. The molecule has 0 radical (unpaired) electrons. The van der Waals surface area contributed by atoms with E-state index in [1.165, 1.54) is 6.39 Å². The van der Waals surface area contributed by atoms with E-state index in [1.807, 2.05) is 31.2 Å². The lowest BCUT2D eigenvalue weighted by Gasteiger charge is -1.76. The number of rotatable bonds is 2. The predicted octanol–water partition coefficient (Wildman–Crippen LogP) is 2.26. The van der Waals surface area contributed by atoms with Gasteiger partial charge in [-0.15, -0.1) is 0 Å². The van der Waals surface area contributed by atoms with Crippen LogP contribution in [0, 0.1) is 0 Å². The Hall–Kier alpha value is -1.31. The summed E-state index contributed by atoms with van der Waals surface area (Å²) in [6.45, 7) is 1.96. The van der Waals surface area contributed by atoms with E-state index in [9.17, 15) is 0 Å². The van der Waals surface area contributed by atoms with Gasteiger partial charge in [-0.25, -0.2) is 4.98 Å². The summed E-state index contributed by atoms with van der Waals surface area (Å²) in [5.74, 6) is 0.776. The normalized spacial score (nSPS) is 11.7. The van der Waals surface area contributed by atoms with E-state index in [2.05, 4.69) is 4.98 Å². The van der Waals surface area contributed by atoms with Crippen LogP contribution in [-0.2, 0) is 0 Å². The zero-order valence-electron chi connectivity index (χ0n) is 5.82. The minimum absolute atomic E-state index is 0.776. The number of allylic oxidation sites excluding steroid dienone is 3. The highest BCUT2D eigenvalue weighted by atomic mass is 16.3. The third-order valence-corrected chi connectivity index (χ3v) is 1.02. The fourth-order valence-electron chi connectivity index (χ4n) is 0.569. The van der Waals surface area contributed by atoms with E-state index in [-0.39, 0.29) is 0 Å². The summed E-state index contributed by atoms with van der Waals surface area (Å²) in [5, 5.41) is 0. The summed E-state index contributed by atoms with van der Waals surface area (Å²) in [7, 11) is 0. The molecule has 1 aromatic rings. The van der Waals surface area contributed by atoms with Crippen molar-refractivity contribution < 1.29 is 4.42 Å². The second kappa shape index (κ2) is 3.67. The first-order valence-corrected chi connectivity index (χ1v) is 3.11. The molecule has 0 spiro atoms. The molecule has 0 aromatic carbocycles. The SMILES string of the molecule is C/C=C\C=C/c1cnco1. The Labute approximate surface area is 59.9 Å². The maximum Gasteiger partial charge on any atom is 0.181 e. The molecule has 2 heteroatoms. The second-order valence-corrected chi connectivity index (χ2v) is 1.79. The van der Waals surface area contributed by atoms with Crippen LogP contribution < -0.4 is 0 Å². The molecule has 0 aliphatic carbocycles. The van der Waals surface area contributed by atoms with Gasteiger partial charge in [-0.2, -0.15) is 0 Å². The first-order chi connectivity index (χ1) is 4.93. The van der Waals surface area contributed by atoms with Crippen LogP contribution in [0.25, 0.3) is 6.08 Å². The lowest BCUT2D eigenvalue weighted by Crippen LogP contribution is -1.57. The van der Waals surface area contributed by atoms with Gasteiger partial charge >= 0.3 is 0 Å². The molecule has 2 nitrogen and oxygen atoms in total. The van der Waals surface area contributed by atoms with Gasteiger partial charge in [0.1, 0.15) is 5.76 Å². The molecule has 0 unspecified atom stereocenters. The van der Waals surface area contributed by atoms with Crippen LogP contribution in [0.2, 0.25) is 0 Å². The Bertz CT molecular complexity index is 221. The van der Waals surface area contributed by atoms with Crippen molar-refractivity contribution in [3.63, 3.8) is 0 Å². The van der Waals surface area contributed by atoms with Gasteiger partial charge in [0.15, 0.2) is 6.39 Å². The van der Waals surface area contributed by atoms with Crippen molar-refractivity contribution in [2.24, 2.45) is 0 Å². The van der Waals surface area contributed by atoms with Crippen molar-refractivity contribution in [2.45, 2.75) is 6.92 Å². The molecular formula is C8H9NO. The number of nitrogens with zero attached hydrogens (tertiary/aromatic N) is 1. The molecule has 0 bridgehead atoms. The van der Waals surface area contributed by atoms with Gasteiger partial charge in [0.2, 0.25) is 0 Å². The van der Waals surface area contributed by atoms with Gasteiger partial charge in [-0.1, -0.05) is 18.2 Å². The Morgan fingerprint density at radius 3 is 3.00 bits per heavy atom. The smallest absolute Gasteiger partial charge is 0.181 e. The van der Waals surface area contributed by atoms with E-state index in [0.29, 0.717) is 0 Å². The van der Waals surface area contributed by atoms with Gasteiger partial charge in [-0.3, -0.25) is 0 Å². The molecule has 0 saturated heterocycles. The third kappa shape index (κ3) is 1.90. The Kier molecular flexibility index (Phi) is 2.49. The van der Waals surface area contributed by atoms with Crippen molar-refractivity contribution in [2.75, 3.05) is 0 Å². The average Bonchev–Trinajstić information content (AvgIpc) is 2.41. The minimum atomic E-state index is 0.776. The van der Waals surface area contributed by atoms with Crippen LogP contribution in [0.5, 0.6) is 0 Å². The molecule has 1 heterocycles. The average molecular weight is 135 g/mol. The molecule has 1 rings (SSSR count). The van der Waals surface area contributed by atoms with Crippen LogP contribution in [-0.4, -0.2) is 4.98 Å². The highest BCUT2D eigenvalue weighted by Gasteiger charge is 1.84. The summed E-state index contributed by atoms with van der Waals surface area (Å²) in [6, 6.07) is 0. The number of oxazole rings is 1. The zero-order valence-corrected chi connectivity index (χ0v) is 5.82. The fourth-order valence-corrected chi connectivity index (χ4v) is 0.569. The van der Waals surface area contributed by atoms with E-state index in [0.717, 1.165) is 5.76 Å². The summed E-state index contributed by atoms with van der Waals surface area (Å²) in [5.41, 5.74) is 0. The van der Waals surface area contributed by atoms with Crippen LogP contribution in [0.1, 0.15) is 12.7 Å². The minimum Gasteiger partial charge on any atom is -0.444 e. The van der Waals surface area contributed by atoms with E-state index >= 15 is 0 Å². The van der Waals surface area contributed by atoms with Gasteiger partial charge in [0.25, 0.3) is 0 Å². The summed E-state index contributed by atoms with van der Waals surface area (Å²) < 4.78 is 4.95. The summed E-state index contributed by atoms with van der Waals surface area (Å²) >= 11 is 0. The Morgan fingerprint density at radius 1 is 1.50 bits per heavy atom. The molecule has 0 aliphatic rings. The Balaban J connectivity index is 2.55. The van der Waals surface area contributed by atoms with Crippen LogP contribution >= 0.6 is 0 Å². The van der Waals surface area contributed by atoms with Crippen molar-refractivity contribution >= 4 is 6.08 Å². The monoisotopic (exact) mass is 135 g/mol. The molecule has 52 valence electrons. The van der Waals surface area contributed by atoms with Crippen molar-refractivity contribution in [3.05, 3.63) is 36.6 Å². The molecule has 0 fully saturated rings. The lowest BCUT2D eigenvalue weighted by molar-refractivity contribution is 0.548. The fraction of sp³-hybridized carbons (Fsp3) is 0.125. The molecule has 0 N–H and O–H groups in total. The van der Waals surface area contributed by atoms with Gasteiger partial charge in [-0.05, 0) is 13.0 Å². The lowest BCUT2D eigenvalue weighted by atomic mass is 10.4. The molecule has 0 saturated carbocycles. The number of hydrogen-bond acceptors (Lipinski definition) is 2. The molecule has 0 atom stereocenters. The van der Waals surface area contributed by atoms with Gasteiger partial charge < -0.3 is 4.42 Å². The molecule has 0 amide bonds.